The second-order valence-electron chi connectivity index (χ2n) is 5.40. The highest BCUT2D eigenvalue weighted by molar-refractivity contribution is 5.84. The van der Waals surface area contributed by atoms with Crippen LogP contribution >= 0.6 is 0 Å². The van der Waals surface area contributed by atoms with Gasteiger partial charge in [-0.05, 0) is 49.5 Å². The van der Waals surface area contributed by atoms with E-state index in [9.17, 15) is 0 Å². The van der Waals surface area contributed by atoms with Crippen LogP contribution in [0.1, 0.15) is 45.4 Å². The van der Waals surface area contributed by atoms with Gasteiger partial charge < -0.3 is 5.32 Å². The lowest BCUT2D eigenvalue weighted by Gasteiger charge is -2.15. The normalized spacial score (nSPS) is 25.8. The molecule has 0 aromatic carbocycles. The molecule has 0 aromatic rings. The molecule has 0 radical (unpaired) electrons. The fourth-order valence-electron chi connectivity index (χ4n) is 2.59. The molecule has 0 unspecified atom stereocenters. The number of hydrogen-bond acceptors (Lipinski definition) is 3. The highest BCUT2D eigenvalue weighted by Gasteiger charge is 2.30. The second kappa shape index (κ2) is 7.34. The average Bonchev–Trinajstić information content (AvgIpc) is 3.17. The summed E-state index contributed by atoms with van der Waals surface area (Å²) in [7, 11) is 0. The summed E-state index contributed by atoms with van der Waals surface area (Å²) in [6, 6.07) is 0. The largest absolute Gasteiger partial charge is 0.391 e. The molecule has 3 nitrogen and oxygen atoms in total. The first kappa shape index (κ1) is 13.3. The summed E-state index contributed by atoms with van der Waals surface area (Å²) in [4.78, 5) is 8.65. The lowest BCUT2D eigenvalue weighted by atomic mass is 9.96. The van der Waals surface area contributed by atoms with Gasteiger partial charge in [0.15, 0.2) is 0 Å². The molecule has 100 valence electrons. The van der Waals surface area contributed by atoms with Crippen LogP contribution in [0.2, 0.25) is 0 Å². The minimum atomic E-state index is 0.862. The molecule has 1 saturated carbocycles. The van der Waals surface area contributed by atoms with Gasteiger partial charge >= 0.3 is 0 Å². The summed E-state index contributed by atoms with van der Waals surface area (Å²) < 4.78 is 0. The Labute approximate surface area is 110 Å². The van der Waals surface area contributed by atoms with Crippen LogP contribution in [0.15, 0.2) is 21.8 Å². The maximum Gasteiger partial charge on any atom is 0.109 e. The number of hydrogen-bond donors (Lipinski definition) is 1. The van der Waals surface area contributed by atoms with E-state index in [4.69, 9.17) is 0 Å². The van der Waals surface area contributed by atoms with Crippen LogP contribution < -0.4 is 5.32 Å². The fraction of sp³-hybridized carbons (Fsp3) is 0.733. The van der Waals surface area contributed by atoms with Crippen molar-refractivity contribution in [1.82, 2.24) is 5.32 Å². The van der Waals surface area contributed by atoms with Gasteiger partial charge in [-0.1, -0.05) is 13.3 Å². The van der Waals surface area contributed by atoms with Crippen molar-refractivity contribution in [2.75, 3.05) is 13.1 Å². The van der Waals surface area contributed by atoms with Crippen molar-refractivity contribution in [3.05, 3.63) is 11.8 Å². The molecule has 0 bridgehead atoms. The quantitative estimate of drug-likeness (QED) is 0.817. The van der Waals surface area contributed by atoms with Crippen molar-refractivity contribution in [3.8, 4) is 0 Å². The first-order valence-corrected chi connectivity index (χ1v) is 7.34. The molecule has 3 heteroatoms. The highest BCUT2D eigenvalue weighted by atomic mass is 14.9. The second-order valence-corrected chi connectivity index (χ2v) is 5.40. The van der Waals surface area contributed by atoms with Gasteiger partial charge in [0.25, 0.3) is 0 Å². The summed E-state index contributed by atoms with van der Waals surface area (Å²) in [6.07, 6.45) is 13.4. The van der Waals surface area contributed by atoms with Gasteiger partial charge in [-0.15, -0.1) is 0 Å². The molecule has 0 aromatic heterocycles. The molecule has 1 N–H and O–H groups in total. The molecule has 1 heterocycles. The van der Waals surface area contributed by atoms with Gasteiger partial charge in [0.05, 0.1) is 0 Å². The number of nitrogens with zero attached hydrogens (tertiary/aromatic N) is 2. The third-order valence-corrected chi connectivity index (χ3v) is 3.79. The topological polar surface area (TPSA) is 36.8 Å². The predicted molar refractivity (Wildman–Crippen MR) is 78.3 cm³/mol. The smallest absolute Gasteiger partial charge is 0.109 e. The summed E-state index contributed by atoms with van der Waals surface area (Å²) in [5.74, 6) is 1.84. The number of nitrogens with one attached hydrogen (secondary N) is 1. The zero-order chi connectivity index (χ0) is 12.6. The summed E-state index contributed by atoms with van der Waals surface area (Å²) >= 11 is 0. The Hall–Kier alpha value is -1.12. The molecular formula is C15H25N3. The van der Waals surface area contributed by atoms with Crippen LogP contribution in [0, 0.1) is 11.8 Å². The zero-order valence-corrected chi connectivity index (χ0v) is 11.4. The average molecular weight is 247 g/mol. The van der Waals surface area contributed by atoms with E-state index in [0.717, 1.165) is 37.8 Å². The SMILES string of the molecule is CCCC1=CNCC[C@@H](C2CC2)CCN=CN=C1. The third kappa shape index (κ3) is 4.63. The summed E-state index contributed by atoms with van der Waals surface area (Å²) in [5.41, 5.74) is 1.27. The number of aliphatic imine (C=N–C) groups is 2. The first-order valence-electron chi connectivity index (χ1n) is 7.34. The molecule has 18 heavy (non-hydrogen) atoms. The van der Waals surface area contributed by atoms with Crippen LogP contribution in [0.5, 0.6) is 0 Å². The van der Waals surface area contributed by atoms with Gasteiger partial charge in [0.2, 0.25) is 0 Å². The Morgan fingerprint density at radius 3 is 2.83 bits per heavy atom. The standard InChI is InChI=1S/C15H25N3/c1-2-3-13-10-16-8-6-15(14-4-5-14)7-9-17-12-18-11-13/h10-12,14-16H,2-9H2,1H3/t15-/m1/s1. The van der Waals surface area contributed by atoms with E-state index < -0.39 is 0 Å². The van der Waals surface area contributed by atoms with E-state index in [1.165, 1.54) is 31.3 Å². The number of allylic oxidation sites excluding steroid dienone is 1. The minimum absolute atomic E-state index is 0.862. The van der Waals surface area contributed by atoms with Crippen LogP contribution in [0.4, 0.5) is 0 Å². The van der Waals surface area contributed by atoms with Gasteiger partial charge in [0.1, 0.15) is 6.34 Å². The van der Waals surface area contributed by atoms with Crippen molar-refractivity contribution < 1.29 is 0 Å². The van der Waals surface area contributed by atoms with Crippen molar-refractivity contribution in [2.45, 2.75) is 45.4 Å². The van der Waals surface area contributed by atoms with E-state index in [1.807, 2.05) is 6.21 Å². The molecule has 1 fully saturated rings. The Balaban J connectivity index is 1.92. The Bertz CT molecular complexity index is 327. The lowest BCUT2D eigenvalue weighted by Crippen LogP contribution is -2.16. The van der Waals surface area contributed by atoms with Crippen LogP contribution in [-0.2, 0) is 0 Å². The lowest BCUT2D eigenvalue weighted by molar-refractivity contribution is 0.402. The van der Waals surface area contributed by atoms with Gasteiger partial charge in [-0.25, -0.2) is 4.99 Å². The molecule has 0 spiro atoms. The Morgan fingerprint density at radius 2 is 2.06 bits per heavy atom. The fourth-order valence-corrected chi connectivity index (χ4v) is 2.59. The maximum atomic E-state index is 4.39. The van der Waals surface area contributed by atoms with Crippen LogP contribution in [0.25, 0.3) is 0 Å². The van der Waals surface area contributed by atoms with Gasteiger partial charge in [-0.3, -0.25) is 4.99 Å². The summed E-state index contributed by atoms with van der Waals surface area (Å²) in [5, 5.41) is 3.45. The van der Waals surface area contributed by atoms with Gasteiger partial charge in [-0.2, -0.15) is 0 Å². The van der Waals surface area contributed by atoms with Crippen LogP contribution in [-0.4, -0.2) is 25.6 Å². The Kier molecular flexibility index (Phi) is 5.43. The summed E-state index contributed by atoms with van der Waals surface area (Å²) in [6.45, 7) is 4.22. The van der Waals surface area contributed by atoms with E-state index >= 15 is 0 Å². The molecular weight excluding hydrogens is 222 g/mol. The van der Waals surface area contributed by atoms with Gasteiger partial charge in [0, 0.05) is 25.5 Å². The third-order valence-electron chi connectivity index (χ3n) is 3.79. The van der Waals surface area contributed by atoms with E-state index in [-0.39, 0.29) is 0 Å². The highest BCUT2D eigenvalue weighted by Crippen LogP contribution is 2.40. The molecule has 1 aliphatic heterocycles. The van der Waals surface area contributed by atoms with Crippen molar-refractivity contribution >= 4 is 12.6 Å². The molecule has 2 rings (SSSR count). The van der Waals surface area contributed by atoms with Crippen molar-refractivity contribution in [3.63, 3.8) is 0 Å². The molecule has 2 aliphatic rings. The Morgan fingerprint density at radius 1 is 1.22 bits per heavy atom. The number of rotatable bonds is 3. The zero-order valence-electron chi connectivity index (χ0n) is 11.4. The predicted octanol–water partition coefficient (Wildman–Crippen LogP) is 3.18. The molecule has 0 amide bonds. The van der Waals surface area contributed by atoms with Crippen LogP contribution in [0.3, 0.4) is 0 Å². The van der Waals surface area contributed by atoms with Crippen molar-refractivity contribution in [2.24, 2.45) is 21.8 Å². The van der Waals surface area contributed by atoms with E-state index in [1.54, 1.807) is 6.34 Å². The molecule has 1 aliphatic carbocycles. The minimum Gasteiger partial charge on any atom is -0.391 e. The first-order chi connectivity index (χ1) is 8.90. The van der Waals surface area contributed by atoms with E-state index in [2.05, 4.69) is 28.4 Å². The maximum absolute atomic E-state index is 4.39. The molecule has 1 atom stereocenters. The van der Waals surface area contributed by atoms with Crippen molar-refractivity contribution in [1.29, 1.82) is 0 Å². The van der Waals surface area contributed by atoms with E-state index in [0.29, 0.717) is 0 Å². The molecule has 0 saturated heterocycles. The monoisotopic (exact) mass is 247 g/mol.